The predicted molar refractivity (Wildman–Crippen MR) is 64.0 cm³/mol. The monoisotopic (exact) mass is 389 g/mol. The van der Waals surface area contributed by atoms with E-state index in [0.717, 1.165) is 0 Å². The van der Waals surface area contributed by atoms with Gasteiger partial charge in [-0.3, -0.25) is 4.89 Å². The van der Waals surface area contributed by atoms with Gasteiger partial charge in [0.1, 0.15) is 11.5 Å². The number of phosphoric ester groups is 1. The molecule has 1 radical (unpaired) electrons. The zero-order valence-corrected chi connectivity index (χ0v) is 14.0. The number of phosphoric acid groups is 1. The molecule has 4 nitrogen and oxygen atoms in total. The zero-order valence-electron chi connectivity index (χ0n) is 9.47. The Morgan fingerprint density at radius 3 is 1.44 bits per heavy atom. The second-order valence-electron chi connectivity index (χ2n) is 3.28. The Bertz CT molecular complexity index is 473. The molecule has 0 saturated heterocycles. The van der Waals surface area contributed by atoms with Crippen LogP contribution >= 0.6 is 7.82 Å². The van der Waals surface area contributed by atoms with Gasteiger partial charge in [-0.05, 0) is 24.3 Å². The fraction of sp³-hybridized carbons (Fsp3) is 0. The molecule has 0 amide bonds. The van der Waals surface area contributed by atoms with Crippen molar-refractivity contribution in [2.24, 2.45) is 0 Å². The van der Waals surface area contributed by atoms with Gasteiger partial charge in [-0.1, -0.05) is 36.4 Å². The summed E-state index contributed by atoms with van der Waals surface area (Å²) < 4.78 is 21.5. The first kappa shape index (κ1) is 15.5. The van der Waals surface area contributed by atoms with E-state index in [4.69, 9.17) is 9.05 Å². The number of benzene rings is 2. The third kappa shape index (κ3) is 4.97. The van der Waals surface area contributed by atoms with Gasteiger partial charge in [0.15, 0.2) is 0 Å². The molecule has 0 fully saturated rings. The van der Waals surface area contributed by atoms with Crippen LogP contribution in [0, 0.1) is 35.6 Å². The predicted octanol–water partition coefficient (Wildman–Crippen LogP) is 3.24. The fourth-order valence-corrected chi connectivity index (χ4v) is 2.06. The zero-order chi connectivity index (χ0) is 12.1. The van der Waals surface area contributed by atoms with Crippen molar-refractivity contribution in [1.29, 1.82) is 0 Å². The molecular formula is C12H11LaO4P. The molecule has 0 spiro atoms. The second-order valence-corrected chi connectivity index (χ2v) is 4.58. The number of para-hydroxylation sites is 2. The molecule has 0 saturated carbocycles. The molecule has 0 aromatic heterocycles. The molecule has 2 aromatic carbocycles. The Labute approximate surface area is 133 Å². The summed E-state index contributed by atoms with van der Waals surface area (Å²) in [6.45, 7) is 0. The van der Waals surface area contributed by atoms with E-state index in [9.17, 15) is 9.46 Å². The first-order chi connectivity index (χ1) is 8.16. The Balaban J connectivity index is 0.00000162. The van der Waals surface area contributed by atoms with Gasteiger partial charge in [0.25, 0.3) is 0 Å². The van der Waals surface area contributed by atoms with Crippen molar-refractivity contribution in [2.45, 2.75) is 0 Å². The minimum atomic E-state index is -4.14. The summed E-state index contributed by atoms with van der Waals surface area (Å²) in [6.07, 6.45) is 0. The SMILES string of the molecule is O=P(O)(Oc1ccccc1)Oc1ccccc1.[La]. The van der Waals surface area contributed by atoms with Crippen molar-refractivity contribution in [1.82, 2.24) is 0 Å². The molecule has 0 heterocycles. The molecule has 1 N–H and O–H groups in total. The van der Waals surface area contributed by atoms with Crippen LogP contribution in [-0.2, 0) is 4.57 Å². The smallest absolute Gasteiger partial charge is 0.395 e. The summed E-state index contributed by atoms with van der Waals surface area (Å²) in [4.78, 5) is 9.53. The molecule has 91 valence electrons. The topological polar surface area (TPSA) is 55.8 Å². The molecule has 0 aliphatic carbocycles. The number of rotatable bonds is 4. The number of hydrogen-bond acceptors (Lipinski definition) is 3. The molecule has 2 rings (SSSR count). The average Bonchev–Trinajstić information content (AvgIpc) is 2.30. The van der Waals surface area contributed by atoms with Crippen molar-refractivity contribution in [3.63, 3.8) is 0 Å². The van der Waals surface area contributed by atoms with Crippen LogP contribution in [0.25, 0.3) is 0 Å². The molecule has 2 aromatic rings. The molecule has 0 unspecified atom stereocenters. The molecular weight excluding hydrogens is 378 g/mol. The van der Waals surface area contributed by atoms with E-state index in [1.165, 1.54) is 0 Å². The summed E-state index contributed by atoms with van der Waals surface area (Å²) in [5, 5.41) is 0. The van der Waals surface area contributed by atoms with Crippen LogP contribution in [-0.4, -0.2) is 4.89 Å². The van der Waals surface area contributed by atoms with Crippen molar-refractivity contribution >= 4 is 7.82 Å². The van der Waals surface area contributed by atoms with Gasteiger partial charge in [0, 0.05) is 35.6 Å². The first-order valence-corrected chi connectivity index (χ1v) is 6.47. The summed E-state index contributed by atoms with van der Waals surface area (Å²) in [5.41, 5.74) is 0. The van der Waals surface area contributed by atoms with E-state index in [-0.39, 0.29) is 47.1 Å². The number of hydrogen-bond donors (Lipinski definition) is 1. The van der Waals surface area contributed by atoms with E-state index >= 15 is 0 Å². The molecule has 6 heteroatoms. The normalized spacial score (nSPS) is 10.3. The maximum absolute atomic E-state index is 11.7. The Hall–Kier alpha value is -0.575. The first-order valence-electron chi connectivity index (χ1n) is 4.98. The standard InChI is InChI=1S/C12H11O4P.La/c13-17(14,15-11-7-3-1-4-8-11)16-12-9-5-2-6-10-12;/h1-10H,(H,13,14);. The van der Waals surface area contributed by atoms with Crippen molar-refractivity contribution in [2.75, 3.05) is 0 Å². The van der Waals surface area contributed by atoms with Gasteiger partial charge >= 0.3 is 7.82 Å². The van der Waals surface area contributed by atoms with Crippen LogP contribution in [0.3, 0.4) is 0 Å². The van der Waals surface area contributed by atoms with Crippen LogP contribution in [0.1, 0.15) is 0 Å². The molecule has 0 aliphatic rings. The minimum absolute atomic E-state index is 0. The van der Waals surface area contributed by atoms with Gasteiger partial charge in [-0.25, -0.2) is 4.57 Å². The Morgan fingerprint density at radius 2 is 1.11 bits per heavy atom. The van der Waals surface area contributed by atoms with Gasteiger partial charge < -0.3 is 9.05 Å². The van der Waals surface area contributed by atoms with Crippen LogP contribution in [0.5, 0.6) is 11.5 Å². The van der Waals surface area contributed by atoms with Gasteiger partial charge in [0.05, 0.1) is 0 Å². The molecule has 0 aliphatic heterocycles. The van der Waals surface area contributed by atoms with Crippen molar-refractivity contribution < 1.29 is 54.1 Å². The van der Waals surface area contributed by atoms with Crippen molar-refractivity contribution in [3.05, 3.63) is 60.7 Å². The van der Waals surface area contributed by atoms with Gasteiger partial charge in [-0.15, -0.1) is 0 Å². The van der Waals surface area contributed by atoms with Crippen molar-refractivity contribution in [3.8, 4) is 11.5 Å². The summed E-state index contributed by atoms with van der Waals surface area (Å²) in [7, 11) is -4.14. The van der Waals surface area contributed by atoms with Crippen LogP contribution in [0.15, 0.2) is 60.7 Å². The van der Waals surface area contributed by atoms with E-state index in [2.05, 4.69) is 0 Å². The second kappa shape index (κ2) is 7.12. The largest absolute Gasteiger partial charge is 0.584 e. The maximum Gasteiger partial charge on any atom is 0.584 e. The van der Waals surface area contributed by atoms with Crippen LogP contribution in [0.2, 0.25) is 0 Å². The Morgan fingerprint density at radius 1 is 0.778 bits per heavy atom. The molecule has 18 heavy (non-hydrogen) atoms. The quantitative estimate of drug-likeness (QED) is 0.816. The maximum atomic E-state index is 11.7. The van der Waals surface area contributed by atoms with Crippen LogP contribution in [0.4, 0.5) is 0 Å². The van der Waals surface area contributed by atoms with Gasteiger partial charge in [-0.2, -0.15) is 0 Å². The average molecular weight is 389 g/mol. The summed E-state index contributed by atoms with van der Waals surface area (Å²) in [5.74, 6) is 0.573. The summed E-state index contributed by atoms with van der Waals surface area (Å²) in [6, 6.07) is 16.7. The van der Waals surface area contributed by atoms with Gasteiger partial charge in [0.2, 0.25) is 0 Å². The van der Waals surface area contributed by atoms with E-state index < -0.39 is 7.82 Å². The molecule has 0 atom stereocenters. The van der Waals surface area contributed by atoms with E-state index in [1.807, 2.05) is 0 Å². The van der Waals surface area contributed by atoms with E-state index in [0.29, 0.717) is 0 Å². The Kier molecular flexibility index (Phi) is 6.13. The fourth-order valence-electron chi connectivity index (χ4n) is 1.25. The third-order valence-corrected chi connectivity index (χ3v) is 2.81. The minimum Gasteiger partial charge on any atom is -0.395 e. The van der Waals surface area contributed by atoms with E-state index in [1.54, 1.807) is 60.7 Å². The third-order valence-electron chi connectivity index (χ3n) is 1.93. The van der Waals surface area contributed by atoms with Crippen LogP contribution < -0.4 is 9.05 Å². The summed E-state index contributed by atoms with van der Waals surface area (Å²) >= 11 is 0. The molecule has 0 bridgehead atoms.